The van der Waals surface area contributed by atoms with Crippen molar-refractivity contribution in [3.8, 4) is 5.75 Å². The standard InChI is InChI=1S/C13H17NO5/c1-14(2)8-9(15)7-12(16)19-11-6-4-3-5-10(11)13(17)18/h3-6,9,15H,7-8H2,1-2H3,(H,17,18). The van der Waals surface area contributed by atoms with Crippen LogP contribution in [0.15, 0.2) is 24.3 Å². The van der Waals surface area contributed by atoms with Crippen LogP contribution in [0.4, 0.5) is 0 Å². The molecule has 6 nitrogen and oxygen atoms in total. The van der Waals surface area contributed by atoms with Crippen LogP contribution in [0.5, 0.6) is 5.75 Å². The number of hydrogen-bond donors (Lipinski definition) is 2. The van der Waals surface area contributed by atoms with E-state index in [9.17, 15) is 14.7 Å². The molecule has 0 heterocycles. The normalized spacial score (nSPS) is 12.2. The van der Waals surface area contributed by atoms with Crippen LogP contribution in [0.3, 0.4) is 0 Å². The number of carboxylic acid groups (broad SMARTS) is 1. The van der Waals surface area contributed by atoms with Gasteiger partial charge in [0.2, 0.25) is 0 Å². The first-order valence-corrected chi connectivity index (χ1v) is 5.76. The molecule has 1 atom stereocenters. The Bertz CT molecular complexity index is 458. The second-order valence-corrected chi connectivity index (χ2v) is 4.40. The summed E-state index contributed by atoms with van der Waals surface area (Å²) in [5.74, 6) is -1.85. The first kappa shape index (κ1) is 15.1. The third-order valence-electron chi connectivity index (χ3n) is 2.32. The van der Waals surface area contributed by atoms with Crippen molar-refractivity contribution in [1.29, 1.82) is 0 Å². The van der Waals surface area contributed by atoms with E-state index in [4.69, 9.17) is 9.84 Å². The lowest BCUT2D eigenvalue weighted by Gasteiger charge is -2.15. The first-order valence-electron chi connectivity index (χ1n) is 5.76. The molecule has 1 aromatic carbocycles. The number of likely N-dealkylation sites (N-methyl/N-ethyl adjacent to an activating group) is 1. The highest BCUT2D eigenvalue weighted by Crippen LogP contribution is 2.18. The molecule has 0 spiro atoms. The number of rotatable bonds is 6. The van der Waals surface area contributed by atoms with Gasteiger partial charge in [-0.1, -0.05) is 12.1 Å². The highest BCUT2D eigenvalue weighted by molar-refractivity contribution is 5.91. The number of carbonyl (C=O) groups is 2. The lowest BCUT2D eigenvalue weighted by Crippen LogP contribution is -2.29. The fourth-order valence-corrected chi connectivity index (χ4v) is 1.58. The second-order valence-electron chi connectivity index (χ2n) is 4.40. The van der Waals surface area contributed by atoms with Crippen molar-refractivity contribution in [2.45, 2.75) is 12.5 Å². The Hall–Kier alpha value is -1.92. The zero-order valence-electron chi connectivity index (χ0n) is 10.9. The molecule has 1 aromatic rings. The molecule has 0 aromatic heterocycles. The van der Waals surface area contributed by atoms with Gasteiger partial charge in [0, 0.05) is 6.54 Å². The van der Waals surface area contributed by atoms with Crippen molar-refractivity contribution in [3.05, 3.63) is 29.8 Å². The molecule has 0 amide bonds. The Kier molecular flexibility index (Phi) is 5.47. The van der Waals surface area contributed by atoms with E-state index >= 15 is 0 Å². The average molecular weight is 267 g/mol. The van der Waals surface area contributed by atoms with Gasteiger partial charge in [-0.15, -0.1) is 0 Å². The van der Waals surface area contributed by atoms with Gasteiger partial charge in [0.05, 0.1) is 12.5 Å². The van der Waals surface area contributed by atoms with Crippen LogP contribution in [-0.4, -0.2) is 53.8 Å². The summed E-state index contributed by atoms with van der Waals surface area (Å²) in [6.45, 7) is 0.329. The maximum Gasteiger partial charge on any atom is 0.339 e. The molecule has 1 unspecified atom stereocenters. The minimum absolute atomic E-state index is 0.0166. The van der Waals surface area contributed by atoms with Gasteiger partial charge in [0.1, 0.15) is 11.3 Å². The number of aromatic carboxylic acids is 1. The van der Waals surface area contributed by atoms with E-state index in [2.05, 4.69) is 0 Å². The van der Waals surface area contributed by atoms with Crippen molar-refractivity contribution in [2.75, 3.05) is 20.6 Å². The van der Waals surface area contributed by atoms with Crippen molar-refractivity contribution in [3.63, 3.8) is 0 Å². The van der Waals surface area contributed by atoms with Crippen molar-refractivity contribution in [1.82, 2.24) is 4.90 Å². The van der Waals surface area contributed by atoms with Crippen molar-refractivity contribution in [2.24, 2.45) is 0 Å². The minimum Gasteiger partial charge on any atom is -0.478 e. The molecule has 104 valence electrons. The molecule has 0 bridgehead atoms. The number of hydrogen-bond acceptors (Lipinski definition) is 5. The van der Waals surface area contributed by atoms with Crippen LogP contribution in [0.1, 0.15) is 16.8 Å². The van der Waals surface area contributed by atoms with Crippen LogP contribution >= 0.6 is 0 Å². The summed E-state index contributed by atoms with van der Waals surface area (Å²) in [6.07, 6.45) is -1.04. The number of carboxylic acids is 1. The van der Waals surface area contributed by atoms with Gasteiger partial charge >= 0.3 is 11.9 Å². The van der Waals surface area contributed by atoms with Gasteiger partial charge in [-0.3, -0.25) is 4.79 Å². The smallest absolute Gasteiger partial charge is 0.339 e. The molecular formula is C13H17NO5. The summed E-state index contributed by atoms with van der Waals surface area (Å²) in [5.41, 5.74) is -0.0852. The molecule has 0 aliphatic heterocycles. The van der Waals surface area contributed by atoms with E-state index in [1.807, 2.05) is 0 Å². The summed E-state index contributed by atoms with van der Waals surface area (Å²) in [7, 11) is 3.54. The SMILES string of the molecule is CN(C)CC(O)CC(=O)Oc1ccccc1C(=O)O. The first-order chi connectivity index (χ1) is 8.90. The van der Waals surface area contributed by atoms with Crippen LogP contribution in [0, 0.1) is 0 Å². The van der Waals surface area contributed by atoms with Gasteiger partial charge in [0.15, 0.2) is 0 Å². The number of carbonyl (C=O) groups excluding carboxylic acids is 1. The Morgan fingerprint density at radius 1 is 1.32 bits per heavy atom. The summed E-state index contributed by atoms with van der Waals surface area (Å²) < 4.78 is 4.96. The maximum atomic E-state index is 11.6. The topological polar surface area (TPSA) is 87.1 Å². The Morgan fingerprint density at radius 2 is 1.95 bits per heavy atom. The molecular weight excluding hydrogens is 250 g/mol. The van der Waals surface area contributed by atoms with Crippen LogP contribution in [0.2, 0.25) is 0 Å². The molecule has 6 heteroatoms. The highest BCUT2D eigenvalue weighted by atomic mass is 16.5. The number of aliphatic hydroxyl groups is 1. The van der Waals surface area contributed by atoms with Crippen LogP contribution < -0.4 is 4.74 Å². The average Bonchev–Trinajstić information content (AvgIpc) is 2.27. The number of para-hydroxylation sites is 1. The number of nitrogens with zero attached hydrogens (tertiary/aromatic N) is 1. The summed E-state index contributed by atoms with van der Waals surface area (Å²) in [4.78, 5) is 24.2. The van der Waals surface area contributed by atoms with Crippen LogP contribution in [0.25, 0.3) is 0 Å². The number of benzene rings is 1. The van der Waals surface area contributed by atoms with Gasteiger partial charge in [0.25, 0.3) is 0 Å². The molecule has 0 aliphatic rings. The van der Waals surface area contributed by atoms with E-state index in [1.54, 1.807) is 31.1 Å². The predicted octanol–water partition coefficient (Wildman–Crippen LogP) is 0.603. The van der Waals surface area contributed by atoms with Gasteiger partial charge in [-0.05, 0) is 26.2 Å². The lowest BCUT2D eigenvalue weighted by atomic mass is 10.2. The van der Waals surface area contributed by atoms with E-state index in [0.29, 0.717) is 6.54 Å². The van der Waals surface area contributed by atoms with Crippen LogP contribution in [-0.2, 0) is 4.79 Å². The Labute approximate surface area is 111 Å². The molecule has 2 N–H and O–H groups in total. The van der Waals surface area contributed by atoms with Gasteiger partial charge < -0.3 is 19.8 Å². The molecule has 0 fully saturated rings. The lowest BCUT2D eigenvalue weighted by molar-refractivity contribution is -0.136. The Balaban J connectivity index is 2.65. The molecule has 19 heavy (non-hydrogen) atoms. The zero-order valence-corrected chi connectivity index (χ0v) is 10.9. The zero-order chi connectivity index (χ0) is 14.4. The quantitative estimate of drug-likeness (QED) is 0.580. The summed E-state index contributed by atoms with van der Waals surface area (Å²) >= 11 is 0. The van der Waals surface area contributed by atoms with Crippen molar-refractivity contribution >= 4 is 11.9 Å². The fraction of sp³-hybridized carbons (Fsp3) is 0.385. The molecule has 0 saturated carbocycles. The second kappa shape index (κ2) is 6.86. The highest BCUT2D eigenvalue weighted by Gasteiger charge is 2.17. The molecule has 1 rings (SSSR count). The molecule has 0 saturated heterocycles. The van der Waals surface area contributed by atoms with E-state index < -0.39 is 18.0 Å². The van der Waals surface area contributed by atoms with E-state index in [-0.39, 0.29) is 17.7 Å². The Morgan fingerprint density at radius 3 is 2.53 bits per heavy atom. The predicted molar refractivity (Wildman–Crippen MR) is 68.2 cm³/mol. The fourth-order valence-electron chi connectivity index (χ4n) is 1.58. The monoisotopic (exact) mass is 267 g/mol. The van der Waals surface area contributed by atoms with Gasteiger partial charge in [-0.2, -0.15) is 0 Å². The molecule has 0 aliphatic carbocycles. The summed E-state index contributed by atoms with van der Waals surface area (Å²) in [5, 5.41) is 18.5. The number of ether oxygens (including phenoxy) is 1. The molecule has 0 radical (unpaired) electrons. The maximum absolute atomic E-state index is 11.6. The number of esters is 1. The largest absolute Gasteiger partial charge is 0.478 e. The third-order valence-corrected chi connectivity index (χ3v) is 2.32. The van der Waals surface area contributed by atoms with E-state index in [0.717, 1.165) is 0 Å². The minimum atomic E-state index is -1.17. The van der Waals surface area contributed by atoms with Gasteiger partial charge in [-0.25, -0.2) is 4.79 Å². The van der Waals surface area contributed by atoms with E-state index in [1.165, 1.54) is 12.1 Å². The summed E-state index contributed by atoms with van der Waals surface area (Å²) in [6, 6.07) is 5.87. The third kappa shape index (κ3) is 5.07. The number of aliphatic hydroxyl groups excluding tert-OH is 1. The van der Waals surface area contributed by atoms with Crippen molar-refractivity contribution < 1.29 is 24.5 Å².